The maximum Gasteiger partial charge on any atom is 0.294 e. The van der Waals surface area contributed by atoms with Crippen molar-refractivity contribution >= 4 is 54.6 Å². The molecule has 37 heavy (non-hydrogen) atoms. The van der Waals surface area contributed by atoms with Crippen LogP contribution >= 0.6 is 11.8 Å². The van der Waals surface area contributed by atoms with E-state index in [9.17, 15) is 26.9 Å². The van der Waals surface area contributed by atoms with Gasteiger partial charge in [-0.05, 0) is 44.2 Å². The Balaban J connectivity index is 1.83. The van der Waals surface area contributed by atoms with Crippen LogP contribution in [0.1, 0.15) is 11.1 Å². The summed E-state index contributed by atoms with van der Waals surface area (Å²) in [4.78, 5) is 13.1. The van der Waals surface area contributed by atoms with Crippen LogP contribution in [0.15, 0.2) is 70.5 Å². The Labute approximate surface area is 220 Å². The summed E-state index contributed by atoms with van der Waals surface area (Å²) >= 11 is 1.72. The van der Waals surface area contributed by atoms with E-state index in [0.717, 1.165) is 28.7 Å². The molecule has 0 aliphatic carbocycles. The number of nitro groups is 1. The number of nitrogens with one attached hydrogen (secondary N) is 2. The Kier molecular flexibility index (Phi) is 7.67. The van der Waals surface area contributed by atoms with E-state index < -0.39 is 25.0 Å². The van der Waals surface area contributed by atoms with Gasteiger partial charge in [0.25, 0.3) is 25.7 Å². The first kappa shape index (κ1) is 26.8. The molecule has 1 saturated heterocycles. The lowest BCUT2D eigenvalue weighted by atomic mass is 10.2. The van der Waals surface area contributed by atoms with Gasteiger partial charge in [-0.25, -0.2) is 16.8 Å². The molecule has 13 heteroatoms. The second kappa shape index (κ2) is 10.6. The van der Waals surface area contributed by atoms with Crippen molar-refractivity contribution in [1.82, 2.24) is 0 Å². The lowest BCUT2D eigenvalue weighted by molar-refractivity contribution is -0.384. The van der Waals surface area contributed by atoms with Gasteiger partial charge in [0.05, 0.1) is 26.1 Å². The fraction of sp³-hybridized carbons (Fsp3) is 0.250. The van der Waals surface area contributed by atoms with Crippen LogP contribution in [0.3, 0.4) is 0 Å². The van der Waals surface area contributed by atoms with Crippen molar-refractivity contribution in [2.75, 3.05) is 38.9 Å². The van der Waals surface area contributed by atoms with Crippen LogP contribution in [-0.2, 0) is 20.0 Å². The summed E-state index contributed by atoms with van der Waals surface area (Å²) in [7, 11) is -8.32. The van der Waals surface area contributed by atoms with E-state index in [1.54, 1.807) is 40.9 Å². The van der Waals surface area contributed by atoms with E-state index in [-0.39, 0.29) is 32.5 Å². The quantitative estimate of drug-likeness (QED) is 0.305. The Morgan fingerprint density at radius 2 is 1.22 bits per heavy atom. The normalized spacial score (nSPS) is 14.3. The van der Waals surface area contributed by atoms with E-state index in [2.05, 4.69) is 9.44 Å². The molecule has 0 atom stereocenters. The number of anilines is 3. The van der Waals surface area contributed by atoms with Crippen molar-refractivity contribution in [3.8, 4) is 0 Å². The summed E-state index contributed by atoms with van der Waals surface area (Å²) in [5.74, 6) is 1.51. The third-order valence-corrected chi connectivity index (χ3v) is 9.52. The lowest BCUT2D eigenvalue weighted by Crippen LogP contribution is -2.33. The molecule has 0 unspecified atom stereocenters. The molecule has 2 N–H and O–H groups in total. The first-order valence-corrected chi connectivity index (χ1v) is 15.4. The highest BCUT2D eigenvalue weighted by molar-refractivity contribution is 7.99. The number of nitrogens with zero attached hydrogens (tertiary/aromatic N) is 2. The number of aryl methyl sites for hydroxylation is 2. The van der Waals surface area contributed by atoms with E-state index in [4.69, 9.17) is 0 Å². The predicted octanol–water partition coefficient (Wildman–Crippen LogP) is 4.37. The molecule has 0 bridgehead atoms. The molecule has 0 amide bonds. The van der Waals surface area contributed by atoms with Crippen LogP contribution in [0.4, 0.5) is 22.7 Å². The third kappa shape index (κ3) is 6.17. The second-order valence-electron chi connectivity index (χ2n) is 8.58. The van der Waals surface area contributed by atoms with Gasteiger partial charge in [-0.3, -0.25) is 19.6 Å². The minimum Gasteiger partial charge on any atom is -0.364 e. The van der Waals surface area contributed by atoms with Crippen molar-refractivity contribution in [3.05, 3.63) is 81.9 Å². The van der Waals surface area contributed by atoms with Crippen LogP contribution in [0.5, 0.6) is 0 Å². The predicted molar refractivity (Wildman–Crippen MR) is 147 cm³/mol. The molecule has 0 aromatic heterocycles. The first-order chi connectivity index (χ1) is 17.5. The smallest absolute Gasteiger partial charge is 0.294 e. The number of rotatable bonds is 8. The number of hydrogen-bond acceptors (Lipinski definition) is 8. The Hall–Kier alpha value is -3.29. The summed E-state index contributed by atoms with van der Waals surface area (Å²) in [6.45, 7) is 4.69. The number of thioether (sulfide) groups is 1. The molecular weight excluding hydrogens is 536 g/mol. The molecule has 3 aromatic carbocycles. The topological polar surface area (TPSA) is 139 Å². The molecule has 1 heterocycles. The van der Waals surface area contributed by atoms with Gasteiger partial charge >= 0.3 is 0 Å². The Morgan fingerprint density at radius 1 is 0.784 bits per heavy atom. The molecule has 10 nitrogen and oxygen atoms in total. The van der Waals surface area contributed by atoms with Crippen LogP contribution in [-0.4, -0.2) is 46.4 Å². The maximum atomic E-state index is 13.2. The van der Waals surface area contributed by atoms with Crippen LogP contribution in [0.25, 0.3) is 0 Å². The van der Waals surface area contributed by atoms with Crippen molar-refractivity contribution in [1.29, 1.82) is 0 Å². The largest absolute Gasteiger partial charge is 0.364 e. The van der Waals surface area contributed by atoms with Gasteiger partial charge in [-0.2, -0.15) is 11.8 Å². The molecule has 0 saturated carbocycles. The van der Waals surface area contributed by atoms with Gasteiger partial charge in [0.2, 0.25) is 0 Å². The number of nitro benzene ring substituents is 1. The molecule has 0 spiro atoms. The average Bonchev–Trinajstić information content (AvgIpc) is 2.85. The number of hydrogen-bond donors (Lipinski definition) is 2. The van der Waals surface area contributed by atoms with Crippen LogP contribution < -0.4 is 14.3 Å². The zero-order valence-corrected chi connectivity index (χ0v) is 22.6. The number of benzene rings is 3. The molecule has 1 aliphatic rings. The standard InChI is InChI=1S/C24H26N4O6S3/c1-17-3-7-19(8-4-17)36(31,32)25-21-15-23(27-11-13-35-14-12-27)24(28(29)30)16-22(21)26-37(33,34)20-9-5-18(2)6-10-20/h3-10,15-16,25-26H,11-14H2,1-2H3. The molecule has 1 fully saturated rings. The summed E-state index contributed by atoms with van der Waals surface area (Å²) in [5, 5.41) is 12.0. The molecule has 0 radical (unpaired) electrons. The Bertz CT molecular complexity index is 1520. The number of sulfonamides is 2. The highest BCUT2D eigenvalue weighted by Crippen LogP contribution is 2.39. The zero-order chi connectivity index (χ0) is 26.8. The minimum atomic E-state index is -4.18. The van der Waals surface area contributed by atoms with E-state index in [1.807, 2.05) is 13.8 Å². The van der Waals surface area contributed by atoms with Crippen molar-refractivity contribution in [3.63, 3.8) is 0 Å². The van der Waals surface area contributed by atoms with Crippen molar-refractivity contribution in [2.45, 2.75) is 23.6 Å². The van der Waals surface area contributed by atoms with E-state index in [1.165, 1.54) is 30.3 Å². The Morgan fingerprint density at radius 3 is 1.65 bits per heavy atom. The fourth-order valence-corrected chi connectivity index (χ4v) is 6.84. The van der Waals surface area contributed by atoms with Gasteiger partial charge in [-0.1, -0.05) is 35.4 Å². The maximum absolute atomic E-state index is 13.2. The van der Waals surface area contributed by atoms with Gasteiger partial charge in [0.15, 0.2) is 0 Å². The fourth-order valence-electron chi connectivity index (χ4n) is 3.79. The van der Waals surface area contributed by atoms with Crippen molar-refractivity contribution < 1.29 is 21.8 Å². The molecule has 4 rings (SSSR count). The summed E-state index contributed by atoms with van der Waals surface area (Å²) in [5.41, 5.74) is 1.24. The van der Waals surface area contributed by atoms with Crippen LogP contribution in [0, 0.1) is 24.0 Å². The molecule has 1 aliphatic heterocycles. The SMILES string of the molecule is Cc1ccc(S(=O)(=O)Nc2cc(N3CCSCC3)c([N+](=O)[O-])cc2NS(=O)(=O)c2ccc(C)cc2)cc1. The third-order valence-electron chi connectivity index (χ3n) is 5.81. The first-order valence-electron chi connectivity index (χ1n) is 11.3. The second-order valence-corrected chi connectivity index (χ2v) is 13.2. The average molecular weight is 563 g/mol. The molecular formula is C24H26N4O6S3. The summed E-state index contributed by atoms with van der Waals surface area (Å²) < 4.78 is 57.5. The summed E-state index contributed by atoms with van der Waals surface area (Å²) in [6.07, 6.45) is 0. The summed E-state index contributed by atoms with van der Waals surface area (Å²) in [6, 6.07) is 14.6. The zero-order valence-electron chi connectivity index (χ0n) is 20.2. The van der Waals surface area contributed by atoms with Gasteiger partial charge in [0, 0.05) is 30.7 Å². The lowest BCUT2D eigenvalue weighted by Gasteiger charge is -2.29. The highest BCUT2D eigenvalue weighted by Gasteiger charge is 2.28. The van der Waals surface area contributed by atoms with Gasteiger partial charge in [-0.15, -0.1) is 0 Å². The van der Waals surface area contributed by atoms with Crippen molar-refractivity contribution in [2.24, 2.45) is 0 Å². The highest BCUT2D eigenvalue weighted by atomic mass is 32.2. The molecule has 196 valence electrons. The van der Waals surface area contributed by atoms with Gasteiger partial charge < -0.3 is 4.90 Å². The van der Waals surface area contributed by atoms with E-state index >= 15 is 0 Å². The minimum absolute atomic E-state index is 0.0280. The van der Waals surface area contributed by atoms with Gasteiger partial charge in [0.1, 0.15) is 5.69 Å². The van der Waals surface area contributed by atoms with E-state index in [0.29, 0.717) is 13.1 Å². The molecule has 3 aromatic rings. The van der Waals surface area contributed by atoms with Crippen LogP contribution in [0.2, 0.25) is 0 Å². The monoisotopic (exact) mass is 562 g/mol.